The van der Waals surface area contributed by atoms with Crippen LogP contribution in [-0.4, -0.2) is 11.9 Å². The summed E-state index contributed by atoms with van der Waals surface area (Å²) in [6.07, 6.45) is 8.42. The van der Waals surface area contributed by atoms with Gasteiger partial charge in [-0.3, -0.25) is 4.79 Å². The number of ether oxygens (including phenoxy) is 1. The summed E-state index contributed by atoms with van der Waals surface area (Å²) in [6.45, 7) is 2.11. The molecule has 0 radical (unpaired) electrons. The van der Waals surface area contributed by atoms with Crippen LogP contribution in [0.5, 0.6) is 5.75 Å². The van der Waals surface area contributed by atoms with Crippen molar-refractivity contribution in [1.82, 2.24) is 0 Å². The Morgan fingerprint density at radius 2 is 1.80 bits per heavy atom. The molecule has 2 fully saturated rings. The lowest BCUT2D eigenvalue weighted by molar-refractivity contribution is -0.131. The monoisotopic (exact) mass is 272 g/mol. The molecule has 2 heteroatoms. The van der Waals surface area contributed by atoms with Crippen LogP contribution in [0, 0.1) is 5.92 Å². The second kappa shape index (κ2) is 5.99. The minimum Gasteiger partial charge on any atom is -0.490 e. The molecule has 1 aromatic rings. The van der Waals surface area contributed by atoms with E-state index in [2.05, 4.69) is 31.2 Å². The molecule has 2 atom stereocenters. The van der Waals surface area contributed by atoms with Gasteiger partial charge >= 0.3 is 0 Å². The van der Waals surface area contributed by atoms with Crippen molar-refractivity contribution in [3.63, 3.8) is 0 Å². The highest BCUT2D eigenvalue weighted by molar-refractivity contribution is 5.89. The zero-order chi connectivity index (χ0) is 13.9. The van der Waals surface area contributed by atoms with Crippen LogP contribution in [0.4, 0.5) is 0 Å². The Labute approximate surface area is 121 Å². The predicted molar refractivity (Wildman–Crippen MR) is 80.1 cm³/mol. The van der Waals surface area contributed by atoms with E-state index in [1.165, 1.54) is 37.7 Å². The largest absolute Gasteiger partial charge is 0.490 e. The van der Waals surface area contributed by atoms with Crippen molar-refractivity contribution in [2.75, 3.05) is 0 Å². The van der Waals surface area contributed by atoms with E-state index in [0.717, 1.165) is 18.6 Å². The summed E-state index contributed by atoms with van der Waals surface area (Å²) in [5.41, 5.74) is 1.30. The Morgan fingerprint density at radius 3 is 2.40 bits per heavy atom. The van der Waals surface area contributed by atoms with Gasteiger partial charge in [-0.15, -0.1) is 0 Å². The van der Waals surface area contributed by atoms with Crippen LogP contribution in [0.2, 0.25) is 0 Å². The second-order valence-corrected chi connectivity index (χ2v) is 6.24. The molecular weight excluding hydrogens is 248 g/mol. The number of rotatable bonds is 4. The van der Waals surface area contributed by atoms with E-state index >= 15 is 0 Å². The van der Waals surface area contributed by atoms with Crippen LogP contribution in [0.1, 0.15) is 63.4 Å². The third-order valence-corrected chi connectivity index (χ3v) is 4.92. The first kappa shape index (κ1) is 13.7. The van der Waals surface area contributed by atoms with Gasteiger partial charge in [-0.25, -0.2) is 0 Å². The van der Waals surface area contributed by atoms with E-state index in [9.17, 15) is 4.79 Å². The molecule has 0 heterocycles. The van der Waals surface area contributed by atoms with E-state index in [1.807, 2.05) is 0 Å². The van der Waals surface area contributed by atoms with Gasteiger partial charge in [-0.2, -0.15) is 0 Å². The topological polar surface area (TPSA) is 26.3 Å². The Hall–Kier alpha value is -1.31. The molecule has 108 valence electrons. The van der Waals surface area contributed by atoms with Crippen LogP contribution in [-0.2, 0) is 4.79 Å². The first-order valence-corrected chi connectivity index (χ1v) is 8.07. The molecule has 3 rings (SSSR count). The average molecular weight is 272 g/mol. The highest BCUT2D eigenvalue weighted by atomic mass is 16.5. The quantitative estimate of drug-likeness (QED) is 0.807. The van der Waals surface area contributed by atoms with Crippen molar-refractivity contribution < 1.29 is 9.53 Å². The molecule has 2 aliphatic rings. The van der Waals surface area contributed by atoms with Gasteiger partial charge in [0.05, 0.1) is 6.10 Å². The van der Waals surface area contributed by atoms with Crippen molar-refractivity contribution in [2.24, 2.45) is 5.92 Å². The number of ketones is 1. The predicted octanol–water partition coefficient (Wildman–Crippen LogP) is 4.48. The third kappa shape index (κ3) is 2.74. The molecule has 0 amide bonds. The van der Waals surface area contributed by atoms with Crippen LogP contribution in [0.3, 0.4) is 0 Å². The molecule has 2 unspecified atom stereocenters. The van der Waals surface area contributed by atoms with Gasteiger partial charge in [0.1, 0.15) is 11.5 Å². The van der Waals surface area contributed by atoms with Crippen molar-refractivity contribution in [3.05, 3.63) is 29.8 Å². The molecule has 0 N–H and O–H groups in total. The van der Waals surface area contributed by atoms with Crippen LogP contribution < -0.4 is 4.74 Å². The highest BCUT2D eigenvalue weighted by Gasteiger charge is 2.38. The van der Waals surface area contributed by atoms with E-state index in [-0.39, 0.29) is 5.92 Å². The molecule has 2 nitrogen and oxygen atoms in total. The zero-order valence-electron chi connectivity index (χ0n) is 12.3. The smallest absolute Gasteiger partial charge is 0.137 e. The number of carbonyl (C=O) groups excluding carboxylic acids is 1. The molecule has 0 aromatic heterocycles. The lowest BCUT2D eigenvalue weighted by Crippen LogP contribution is -2.34. The maximum absolute atomic E-state index is 11.6. The Morgan fingerprint density at radius 1 is 1.10 bits per heavy atom. The zero-order valence-corrected chi connectivity index (χ0v) is 12.3. The molecule has 0 bridgehead atoms. The summed E-state index contributed by atoms with van der Waals surface area (Å²) in [7, 11) is 0. The molecular formula is C18H24O2. The van der Waals surface area contributed by atoms with Gasteiger partial charge in [-0.05, 0) is 49.8 Å². The number of hydrogen-bond acceptors (Lipinski definition) is 2. The van der Waals surface area contributed by atoms with Crippen LogP contribution in [0.15, 0.2) is 24.3 Å². The molecule has 2 aliphatic carbocycles. The number of carbonyl (C=O) groups is 1. The van der Waals surface area contributed by atoms with Crippen molar-refractivity contribution in [1.29, 1.82) is 0 Å². The highest BCUT2D eigenvalue weighted by Crippen LogP contribution is 2.41. The van der Waals surface area contributed by atoms with Gasteiger partial charge < -0.3 is 4.74 Å². The molecule has 0 saturated heterocycles. The first-order valence-electron chi connectivity index (χ1n) is 8.07. The first-order chi connectivity index (χ1) is 9.78. The fourth-order valence-electron chi connectivity index (χ4n) is 3.61. The average Bonchev–Trinajstić information content (AvgIpc) is 2.47. The Balaban J connectivity index is 1.61. The maximum Gasteiger partial charge on any atom is 0.137 e. The van der Waals surface area contributed by atoms with Gasteiger partial charge in [-0.1, -0.05) is 25.5 Å². The van der Waals surface area contributed by atoms with E-state index in [0.29, 0.717) is 17.8 Å². The van der Waals surface area contributed by atoms with E-state index in [1.54, 1.807) is 0 Å². The normalized spacial score (nSPS) is 27.1. The summed E-state index contributed by atoms with van der Waals surface area (Å²) < 4.78 is 6.05. The lowest BCUT2D eigenvalue weighted by Gasteiger charge is -2.34. The molecule has 1 aromatic carbocycles. The minimum absolute atomic E-state index is 0.250. The van der Waals surface area contributed by atoms with E-state index in [4.69, 9.17) is 4.74 Å². The summed E-state index contributed by atoms with van der Waals surface area (Å²) in [6, 6.07) is 8.47. The number of benzene rings is 1. The SMILES string of the molecule is CCC1C(=O)CC1c1ccc(OC2CCCCC2)cc1. The Bertz CT molecular complexity index is 457. The molecule has 20 heavy (non-hydrogen) atoms. The Kier molecular flexibility index (Phi) is 4.09. The van der Waals surface area contributed by atoms with E-state index < -0.39 is 0 Å². The summed E-state index contributed by atoms with van der Waals surface area (Å²) in [5.74, 6) is 2.11. The van der Waals surface area contributed by atoms with Crippen molar-refractivity contribution in [3.8, 4) is 5.75 Å². The maximum atomic E-state index is 11.6. The number of hydrogen-bond donors (Lipinski definition) is 0. The van der Waals surface area contributed by atoms with Gasteiger partial charge in [0, 0.05) is 18.3 Å². The third-order valence-electron chi connectivity index (χ3n) is 4.92. The summed E-state index contributed by atoms with van der Waals surface area (Å²) in [4.78, 5) is 11.6. The standard InChI is InChI=1S/C18H24O2/c1-2-16-17(12-18(16)19)13-8-10-15(11-9-13)20-14-6-4-3-5-7-14/h8-11,14,16-17H,2-7,12H2,1H3. The van der Waals surface area contributed by atoms with Crippen molar-refractivity contribution >= 4 is 5.78 Å². The van der Waals surface area contributed by atoms with Crippen molar-refractivity contribution in [2.45, 2.75) is 63.9 Å². The summed E-state index contributed by atoms with van der Waals surface area (Å²) in [5, 5.41) is 0. The van der Waals surface area contributed by atoms with Crippen LogP contribution >= 0.6 is 0 Å². The minimum atomic E-state index is 0.250. The molecule has 0 spiro atoms. The van der Waals surface area contributed by atoms with Gasteiger partial charge in [0.25, 0.3) is 0 Å². The molecule has 0 aliphatic heterocycles. The van der Waals surface area contributed by atoms with Crippen LogP contribution in [0.25, 0.3) is 0 Å². The fourth-order valence-corrected chi connectivity index (χ4v) is 3.61. The summed E-state index contributed by atoms with van der Waals surface area (Å²) >= 11 is 0. The fraction of sp³-hybridized carbons (Fsp3) is 0.611. The van der Waals surface area contributed by atoms with Gasteiger partial charge in [0.15, 0.2) is 0 Å². The van der Waals surface area contributed by atoms with Gasteiger partial charge in [0.2, 0.25) is 0 Å². The second-order valence-electron chi connectivity index (χ2n) is 6.24. The molecule has 2 saturated carbocycles. The number of Topliss-reactive ketones (excluding diaryl/α,β-unsaturated/α-hetero) is 1. The lowest BCUT2D eigenvalue weighted by atomic mass is 9.68.